The quantitative estimate of drug-likeness (QED) is 0.815. The van der Waals surface area contributed by atoms with Crippen LogP contribution in [0.3, 0.4) is 0 Å². The Bertz CT molecular complexity index is 599. The van der Waals surface area contributed by atoms with Crippen molar-refractivity contribution in [2.24, 2.45) is 5.92 Å². The van der Waals surface area contributed by atoms with Gasteiger partial charge in [-0.3, -0.25) is 4.79 Å². The highest BCUT2D eigenvalue weighted by molar-refractivity contribution is 7.89. The topological polar surface area (TPSA) is 66.5 Å². The summed E-state index contributed by atoms with van der Waals surface area (Å²) in [4.78, 5) is 13.7. The molecule has 0 aliphatic carbocycles. The van der Waals surface area contributed by atoms with Crippen LogP contribution in [0.1, 0.15) is 50.4 Å². The summed E-state index contributed by atoms with van der Waals surface area (Å²) in [5, 5.41) is 5.10. The Balaban J connectivity index is 1.99. The lowest BCUT2D eigenvalue weighted by Crippen LogP contribution is -2.46. The summed E-state index contributed by atoms with van der Waals surface area (Å²) in [7, 11) is -3.22. The van der Waals surface area contributed by atoms with Gasteiger partial charge in [0.15, 0.2) is 0 Å². The molecule has 23 heavy (non-hydrogen) atoms. The number of thiophene rings is 1. The lowest BCUT2D eigenvalue weighted by Gasteiger charge is -2.32. The van der Waals surface area contributed by atoms with E-state index >= 15 is 0 Å². The minimum atomic E-state index is -3.22. The van der Waals surface area contributed by atoms with E-state index in [1.807, 2.05) is 31.4 Å². The molecule has 2 heterocycles. The molecule has 130 valence electrons. The Morgan fingerprint density at radius 1 is 1.48 bits per heavy atom. The van der Waals surface area contributed by atoms with Crippen molar-refractivity contribution in [1.29, 1.82) is 0 Å². The molecule has 2 rings (SSSR count). The zero-order valence-electron chi connectivity index (χ0n) is 13.8. The van der Waals surface area contributed by atoms with Gasteiger partial charge in [0.1, 0.15) is 0 Å². The maximum Gasteiger partial charge on any atom is 0.224 e. The molecule has 0 spiro atoms. The summed E-state index contributed by atoms with van der Waals surface area (Å²) in [5.41, 5.74) is 0. The smallest absolute Gasteiger partial charge is 0.224 e. The fourth-order valence-electron chi connectivity index (χ4n) is 2.95. The number of nitrogens with zero attached hydrogens (tertiary/aromatic N) is 1. The monoisotopic (exact) mass is 358 g/mol. The number of nitrogens with one attached hydrogen (secondary N) is 1. The van der Waals surface area contributed by atoms with Crippen molar-refractivity contribution in [3.63, 3.8) is 0 Å². The molecule has 2 atom stereocenters. The Morgan fingerprint density at radius 2 is 2.26 bits per heavy atom. The van der Waals surface area contributed by atoms with Crippen molar-refractivity contribution in [2.45, 2.75) is 45.6 Å². The normalized spacial score (nSPS) is 21.0. The molecular formula is C16H26N2O3S2. The van der Waals surface area contributed by atoms with E-state index < -0.39 is 10.0 Å². The highest BCUT2D eigenvalue weighted by Crippen LogP contribution is 2.24. The molecule has 1 aliphatic heterocycles. The number of hydrogen-bond donors (Lipinski definition) is 1. The Morgan fingerprint density at radius 3 is 2.87 bits per heavy atom. The van der Waals surface area contributed by atoms with Crippen LogP contribution in [0.2, 0.25) is 0 Å². The van der Waals surface area contributed by atoms with Gasteiger partial charge in [-0.2, -0.15) is 0 Å². The molecule has 1 N–H and O–H groups in total. The van der Waals surface area contributed by atoms with Gasteiger partial charge in [0.25, 0.3) is 0 Å². The average molecular weight is 359 g/mol. The number of sulfonamides is 1. The zero-order valence-corrected chi connectivity index (χ0v) is 15.5. The third-order valence-corrected chi connectivity index (χ3v) is 7.25. The summed E-state index contributed by atoms with van der Waals surface area (Å²) >= 11 is 1.63. The summed E-state index contributed by atoms with van der Waals surface area (Å²) in [6.07, 6.45) is 2.94. The number of carbonyl (C=O) groups is 1. The Labute approximate surface area is 143 Å². The molecule has 0 aromatic carbocycles. The third kappa shape index (κ3) is 4.78. The predicted octanol–water partition coefficient (Wildman–Crippen LogP) is 2.77. The van der Waals surface area contributed by atoms with Crippen molar-refractivity contribution < 1.29 is 13.2 Å². The van der Waals surface area contributed by atoms with E-state index in [1.165, 1.54) is 4.31 Å². The lowest BCUT2D eigenvalue weighted by molar-refractivity contribution is -0.126. The van der Waals surface area contributed by atoms with E-state index in [9.17, 15) is 13.2 Å². The molecule has 1 fully saturated rings. The van der Waals surface area contributed by atoms with E-state index in [1.54, 1.807) is 11.3 Å². The lowest BCUT2D eigenvalue weighted by atomic mass is 9.98. The Hall–Kier alpha value is -0.920. The van der Waals surface area contributed by atoms with E-state index in [0.717, 1.165) is 24.1 Å². The van der Waals surface area contributed by atoms with E-state index in [2.05, 4.69) is 5.32 Å². The zero-order chi connectivity index (χ0) is 16.9. The van der Waals surface area contributed by atoms with Crippen molar-refractivity contribution in [3.05, 3.63) is 22.4 Å². The number of hydrogen-bond acceptors (Lipinski definition) is 4. The second kappa shape index (κ2) is 8.26. The molecule has 0 radical (unpaired) electrons. The molecular weight excluding hydrogens is 332 g/mol. The fourth-order valence-corrected chi connectivity index (χ4v) is 5.40. The van der Waals surface area contributed by atoms with Crippen LogP contribution >= 0.6 is 11.3 Å². The van der Waals surface area contributed by atoms with Crippen LogP contribution < -0.4 is 5.32 Å². The molecule has 5 nitrogen and oxygen atoms in total. The first-order chi connectivity index (χ1) is 11.0. The first-order valence-corrected chi connectivity index (χ1v) is 10.8. The van der Waals surface area contributed by atoms with Gasteiger partial charge in [-0.1, -0.05) is 19.9 Å². The molecule has 2 unspecified atom stereocenters. The second-order valence-electron chi connectivity index (χ2n) is 6.00. The molecule has 1 saturated heterocycles. The fraction of sp³-hybridized carbons (Fsp3) is 0.688. The van der Waals surface area contributed by atoms with Crippen LogP contribution in [0.4, 0.5) is 0 Å². The summed E-state index contributed by atoms with van der Waals surface area (Å²) < 4.78 is 25.9. The molecule has 0 saturated carbocycles. The van der Waals surface area contributed by atoms with E-state index in [0.29, 0.717) is 19.5 Å². The Kier molecular flexibility index (Phi) is 6.61. The van der Waals surface area contributed by atoms with Gasteiger partial charge < -0.3 is 5.32 Å². The van der Waals surface area contributed by atoms with Gasteiger partial charge in [0.2, 0.25) is 15.9 Å². The molecule has 1 amide bonds. The SMILES string of the molecule is CCCS(=O)(=O)N1CCCC(C(=O)NC(CC)c2cccs2)C1. The van der Waals surface area contributed by atoms with E-state index in [-0.39, 0.29) is 23.6 Å². The summed E-state index contributed by atoms with van der Waals surface area (Å²) in [6.45, 7) is 4.76. The molecule has 0 bridgehead atoms. The summed E-state index contributed by atoms with van der Waals surface area (Å²) in [5.74, 6) is -0.111. The first kappa shape index (κ1) is 18.4. The van der Waals surface area contributed by atoms with Crippen molar-refractivity contribution in [2.75, 3.05) is 18.8 Å². The number of piperidine rings is 1. The van der Waals surface area contributed by atoms with Crippen molar-refractivity contribution in [3.8, 4) is 0 Å². The number of rotatable bonds is 7. The van der Waals surface area contributed by atoms with Gasteiger partial charge in [0.05, 0.1) is 17.7 Å². The van der Waals surface area contributed by atoms with Crippen LogP contribution in [0.15, 0.2) is 17.5 Å². The third-order valence-electron chi connectivity index (χ3n) is 4.22. The largest absolute Gasteiger partial charge is 0.348 e. The first-order valence-electron chi connectivity index (χ1n) is 8.29. The van der Waals surface area contributed by atoms with Crippen LogP contribution in [0, 0.1) is 5.92 Å². The van der Waals surface area contributed by atoms with Crippen LogP contribution in [0.25, 0.3) is 0 Å². The standard InChI is InChI=1S/C16H26N2O3S2/c1-3-11-23(20,21)18-9-5-7-13(12-18)16(19)17-14(4-2)15-8-6-10-22-15/h6,8,10,13-14H,3-5,7,9,11-12H2,1-2H3,(H,17,19). The number of carbonyl (C=O) groups excluding carboxylic acids is 1. The minimum absolute atomic E-state index is 0.0186. The molecule has 1 aliphatic rings. The molecule has 1 aromatic rings. The maximum absolute atomic E-state index is 12.6. The molecule has 7 heteroatoms. The van der Waals surface area contributed by atoms with Crippen molar-refractivity contribution in [1.82, 2.24) is 9.62 Å². The minimum Gasteiger partial charge on any atom is -0.348 e. The second-order valence-corrected chi connectivity index (χ2v) is 9.07. The summed E-state index contributed by atoms with van der Waals surface area (Å²) in [6, 6.07) is 4.03. The van der Waals surface area contributed by atoms with Crippen LogP contribution in [-0.4, -0.2) is 37.5 Å². The average Bonchev–Trinajstić information content (AvgIpc) is 3.06. The van der Waals surface area contributed by atoms with Gasteiger partial charge >= 0.3 is 0 Å². The van der Waals surface area contributed by atoms with Gasteiger partial charge in [0, 0.05) is 18.0 Å². The highest BCUT2D eigenvalue weighted by Gasteiger charge is 2.32. The molecule has 1 aromatic heterocycles. The highest BCUT2D eigenvalue weighted by atomic mass is 32.2. The predicted molar refractivity (Wildman–Crippen MR) is 93.9 cm³/mol. The number of amides is 1. The van der Waals surface area contributed by atoms with Gasteiger partial charge in [-0.25, -0.2) is 12.7 Å². The van der Waals surface area contributed by atoms with Crippen LogP contribution in [-0.2, 0) is 14.8 Å². The van der Waals surface area contributed by atoms with Gasteiger partial charge in [-0.05, 0) is 37.1 Å². The maximum atomic E-state index is 12.6. The van der Waals surface area contributed by atoms with Crippen molar-refractivity contribution >= 4 is 27.3 Å². The van der Waals surface area contributed by atoms with E-state index in [4.69, 9.17) is 0 Å². The van der Waals surface area contributed by atoms with Crippen LogP contribution in [0.5, 0.6) is 0 Å². The van der Waals surface area contributed by atoms with Gasteiger partial charge in [-0.15, -0.1) is 11.3 Å².